The first-order chi connectivity index (χ1) is 9.17. The zero-order chi connectivity index (χ0) is 14.1. The molecular formula is C13H14ClN3O2. The summed E-state index contributed by atoms with van der Waals surface area (Å²) in [5.74, 6) is -0.444. The highest BCUT2D eigenvalue weighted by molar-refractivity contribution is 6.30. The number of rotatable bonds is 6. The van der Waals surface area contributed by atoms with Crippen LogP contribution >= 0.6 is 11.6 Å². The Hall–Kier alpha value is -2.03. The topological polar surface area (TPSA) is 74.1 Å². The van der Waals surface area contributed by atoms with E-state index in [0.717, 1.165) is 5.69 Å². The smallest absolute Gasteiger partial charge is 0.263 e. The fourth-order valence-electron chi connectivity index (χ4n) is 1.21. The van der Waals surface area contributed by atoms with Gasteiger partial charge < -0.3 is 15.4 Å². The fraction of sp³-hybridized carbons (Fsp3) is 0.231. The molecule has 19 heavy (non-hydrogen) atoms. The minimum Gasteiger partial charge on any atom is -0.383 e. The number of ether oxygens (including phenoxy) is 1. The molecule has 0 spiro atoms. The normalized spacial score (nSPS) is 10.7. The molecule has 5 nitrogen and oxygen atoms in total. The number of nitrogens with zero attached hydrogens (tertiary/aromatic N) is 1. The lowest BCUT2D eigenvalue weighted by Gasteiger charge is -2.04. The molecule has 0 atom stereocenters. The molecule has 0 heterocycles. The molecule has 6 heteroatoms. The second-order valence-electron chi connectivity index (χ2n) is 3.57. The lowest BCUT2D eigenvalue weighted by molar-refractivity contribution is -0.117. The van der Waals surface area contributed by atoms with Crippen LogP contribution in [0.3, 0.4) is 0 Å². The van der Waals surface area contributed by atoms with E-state index < -0.39 is 5.91 Å². The second kappa shape index (κ2) is 8.14. The van der Waals surface area contributed by atoms with Gasteiger partial charge in [-0.05, 0) is 24.3 Å². The van der Waals surface area contributed by atoms with E-state index in [1.165, 1.54) is 13.3 Å². The molecule has 1 aromatic carbocycles. The van der Waals surface area contributed by atoms with Gasteiger partial charge >= 0.3 is 0 Å². The standard InChI is InChI=1S/C13H14ClN3O2/c1-19-7-6-16-13(18)10(8-15)9-17-12-4-2-11(14)3-5-12/h2-5,9,17H,6-7H2,1H3,(H,16,18)/b10-9-. The van der Waals surface area contributed by atoms with Crippen molar-refractivity contribution >= 4 is 23.2 Å². The average Bonchev–Trinajstić information content (AvgIpc) is 2.42. The SMILES string of the molecule is COCCNC(=O)/C(C#N)=C\Nc1ccc(Cl)cc1. The number of halogens is 1. The van der Waals surface area contributed by atoms with Crippen LogP contribution < -0.4 is 10.6 Å². The summed E-state index contributed by atoms with van der Waals surface area (Å²) in [5.41, 5.74) is 0.730. The molecular weight excluding hydrogens is 266 g/mol. The van der Waals surface area contributed by atoms with Gasteiger partial charge in [0.25, 0.3) is 5.91 Å². The van der Waals surface area contributed by atoms with Crippen molar-refractivity contribution in [2.75, 3.05) is 25.6 Å². The monoisotopic (exact) mass is 279 g/mol. The summed E-state index contributed by atoms with van der Waals surface area (Å²) in [6.45, 7) is 0.754. The first-order valence-corrected chi connectivity index (χ1v) is 5.94. The van der Waals surface area contributed by atoms with E-state index in [-0.39, 0.29) is 5.57 Å². The summed E-state index contributed by atoms with van der Waals surface area (Å²) in [4.78, 5) is 11.6. The number of nitriles is 1. The third-order valence-corrected chi connectivity index (χ3v) is 2.44. The molecule has 0 saturated carbocycles. The quantitative estimate of drug-likeness (QED) is 0.474. The molecule has 0 radical (unpaired) electrons. The number of methoxy groups -OCH3 is 1. The van der Waals surface area contributed by atoms with E-state index in [9.17, 15) is 4.79 Å². The van der Waals surface area contributed by atoms with Crippen molar-refractivity contribution in [2.24, 2.45) is 0 Å². The molecule has 1 rings (SSSR count). The van der Waals surface area contributed by atoms with Crippen molar-refractivity contribution in [2.45, 2.75) is 0 Å². The number of carbonyl (C=O) groups is 1. The summed E-state index contributed by atoms with van der Waals surface area (Å²) >= 11 is 5.75. The second-order valence-corrected chi connectivity index (χ2v) is 4.01. The maximum Gasteiger partial charge on any atom is 0.263 e. The number of hydrogen-bond acceptors (Lipinski definition) is 4. The minimum absolute atomic E-state index is 0.00828. The van der Waals surface area contributed by atoms with Crippen LogP contribution in [0.1, 0.15) is 0 Å². The summed E-state index contributed by atoms with van der Waals surface area (Å²) in [6.07, 6.45) is 1.35. The number of benzene rings is 1. The molecule has 100 valence electrons. The predicted molar refractivity (Wildman–Crippen MR) is 73.7 cm³/mol. The van der Waals surface area contributed by atoms with Gasteiger partial charge in [-0.3, -0.25) is 4.79 Å². The zero-order valence-corrected chi connectivity index (χ0v) is 11.2. The van der Waals surface area contributed by atoms with Crippen molar-refractivity contribution in [3.8, 4) is 6.07 Å². The van der Waals surface area contributed by atoms with E-state index in [1.807, 2.05) is 6.07 Å². The van der Waals surface area contributed by atoms with Gasteiger partial charge in [-0.15, -0.1) is 0 Å². The lowest BCUT2D eigenvalue weighted by atomic mass is 10.3. The van der Waals surface area contributed by atoms with E-state index in [1.54, 1.807) is 24.3 Å². The first kappa shape index (κ1) is 15.0. The molecule has 1 amide bonds. The Morgan fingerprint density at radius 2 is 2.16 bits per heavy atom. The van der Waals surface area contributed by atoms with Crippen LogP contribution in [0.4, 0.5) is 5.69 Å². The van der Waals surface area contributed by atoms with Gasteiger partial charge in [-0.2, -0.15) is 5.26 Å². The Morgan fingerprint density at radius 3 is 2.74 bits per heavy atom. The van der Waals surface area contributed by atoms with Gasteiger partial charge in [0.05, 0.1) is 6.61 Å². The molecule has 0 aliphatic rings. The number of anilines is 1. The minimum atomic E-state index is -0.444. The molecule has 0 bridgehead atoms. The highest BCUT2D eigenvalue weighted by atomic mass is 35.5. The van der Waals surface area contributed by atoms with Gasteiger partial charge in [-0.25, -0.2) is 0 Å². The third-order valence-electron chi connectivity index (χ3n) is 2.18. The van der Waals surface area contributed by atoms with E-state index in [4.69, 9.17) is 21.6 Å². The largest absolute Gasteiger partial charge is 0.383 e. The van der Waals surface area contributed by atoms with Crippen molar-refractivity contribution < 1.29 is 9.53 Å². The molecule has 0 unspecified atom stereocenters. The maximum atomic E-state index is 11.6. The molecule has 0 saturated heterocycles. The van der Waals surface area contributed by atoms with Gasteiger partial charge in [0.15, 0.2) is 0 Å². The molecule has 0 aliphatic carbocycles. The first-order valence-electron chi connectivity index (χ1n) is 5.57. The highest BCUT2D eigenvalue weighted by Crippen LogP contribution is 2.13. The maximum absolute atomic E-state index is 11.6. The number of amides is 1. The lowest BCUT2D eigenvalue weighted by Crippen LogP contribution is -2.28. The summed E-state index contributed by atoms with van der Waals surface area (Å²) in [5, 5.41) is 14.9. The Balaban J connectivity index is 2.59. The Kier molecular flexibility index (Phi) is 6.44. The Labute approximate surface area is 116 Å². The van der Waals surface area contributed by atoms with Crippen LogP contribution in [0.5, 0.6) is 0 Å². The molecule has 2 N–H and O–H groups in total. The molecule has 0 fully saturated rings. The number of hydrogen-bond donors (Lipinski definition) is 2. The van der Waals surface area contributed by atoms with Gasteiger partial charge in [0.2, 0.25) is 0 Å². The van der Waals surface area contributed by atoms with Crippen molar-refractivity contribution in [3.63, 3.8) is 0 Å². The third kappa shape index (κ3) is 5.42. The summed E-state index contributed by atoms with van der Waals surface area (Å²) in [6, 6.07) is 8.74. The predicted octanol–water partition coefficient (Wildman–Crippen LogP) is 1.92. The molecule has 0 aromatic heterocycles. The van der Waals surface area contributed by atoms with Crippen LogP contribution in [0.15, 0.2) is 36.0 Å². The van der Waals surface area contributed by atoms with Crippen LogP contribution in [-0.2, 0) is 9.53 Å². The fourth-order valence-corrected chi connectivity index (χ4v) is 1.34. The van der Waals surface area contributed by atoms with Gasteiger partial charge in [0.1, 0.15) is 11.6 Å². The summed E-state index contributed by atoms with van der Waals surface area (Å²) < 4.78 is 4.80. The summed E-state index contributed by atoms with van der Waals surface area (Å²) in [7, 11) is 1.54. The van der Waals surface area contributed by atoms with Crippen molar-refractivity contribution in [3.05, 3.63) is 41.1 Å². The van der Waals surface area contributed by atoms with Gasteiger partial charge in [-0.1, -0.05) is 11.6 Å². The van der Waals surface area contributed by atoms with Gasteiger partial charge in [0, 0.05) is 30.6 Å². The van der Waals surface area contributed by atoms with E-state index in [0.29, 0.717) is 18.2 Å². The number of nitrogens with one attached hydrogen (secondary N) is 2. The van der Waals surface area contributed by atoms with Crippen molar-refractivity contribution in [1.82, 2.24) is 5.32 Å². The van der Waals surface area contributed by atoms with Crippen LogP contribution in [0, 0.1) is 11.3 Å². The average molecular weight is 280 g/mol. The Bertz CT molecular complexity index is 492. The van der Waals surface area contributed by atoms with E-state index >= 15 is 0 Å². The highest BCUT2D eigenvalue weighted by Gasteiger charge is 2.07. The van der Waals surface area contributed by atoms with Crippen LogP contribution in [0.2, 0.25) is 5.02 Å². The molecule has 1 aromatic rings. The van der Waals surface area contributed by atoms with Crippen molar-refractivity contribution in [1.29, 1.82) is 5.26 Å². The van der Waals surface area contributed by atoms with Crippen LogP contribution in [0.25, 0.3) is 0 Å². The molecule has 0 aliphatic heterocycles. The Morgan fingerprint density at radius 1 is 1.47 bits per heavy atom. The number of carbonyl (C=O) groups excluding carboxylic acids is 1. The zero-order valence-electron chi connectivity index (χ0n) is 10.4. The van der Waals surface area contributed by atoms with E-state index in [2.05, 4.69) is 10.6 Å². The van der Waals surface area contributed by atoms with Crippen LogP contribution in [-0.4, -0.2) is 26.2 Å².